The minimum absolute atomic E-state index is 0.305. The summed E-state index contributed by atoms with van der Waals surface area (Å²) in [6.07, 6.45) is 6.31. The highest BCUT2D eigenvalue weighted by atomic mass is 35.5. The number of nitrogens with zero attached hydrogens (tertiary/aromatic N) is 4. The van der Waals surface area contributed by atoms with Crippen molar-refractivity contribution in [2.75, 3.05) is 41.7 Å². The topological polar surface area (TPSA) is 107 Å². The maximum Gasteiger partial charge on any atom is 0.256 e. The van der Waals surface area contributed by atoms with E-state index < -0.39 is 0 Å². The van der Waals surface area contributed by atoms with Crippen LogP contribution in [-0.2, 0) is 0 Å². The fourth-order valence-corrected chi connectivity index (χ4v) is 4.37. The fourth-order valence-electron chi connectivity index (χ4n) is 4.24. The molecule has 0 saturated carbocycles. The molecule has 2 aromatic heterocycles. The van der Waals surface area contributed by atoms with Gasteiger partial charge in [-0.05, 0) is 68.8 Å². The van der Waals surface area contributed by atoms with Crippen LogP contribution in [0, 0.1) is 0 Å². The average Bonchev–Trinajstić information content (AvgIpc) is 2.92. The number of hydrogen-bond acceptors (Lipinski definition) is 8. The van der Waals surface area contributed by atoms with E-state index in [0.717, 1.165) is 50.4 Å². The average molecular weight is 521 g/mol. The number of nitrogens with one attached hydrogen (secondary N) is 4. The number of hydrogen-bond donors (Lipinski definition) is 4. The molecular formula is C27H33ClN8O. The summed E-state index contributed by atoms with van der Waals surface area (Å²) in [5.41, 5.74) is 1.08. The number of benzene rings is 1. The Morgan fingerprint density at radius 2 is 1.95 bits per heavy atom. The van der Waals surface area contributed by atoms with Crippen molar-refractivity contribution in [3.63, 3.8) is 0 Å². The number of piperidine rings is 1. The lowest BCUT2D eigenvalue weighted by Crippen LogP contribution is -2.44. The molecule has 3 heterocycles. The summed E-state index contributed by atoms with van der Waals surface area (Å²) in [5, 5.41) is 13.3. The summed E-state index contributed by atoms with van der Waals surface area (Å²) < 4.78 is 0. The van der Waals surface area contributed by atoms with Crippen LogP contribution < -0.4 is 26.2 Å². The van der Waals surface area contributed by atoms with Crippen molar-refractivity contribution in [3.05, 3.63) is 71.9 Å². The molecule has 0 atom stereocenters. The minimum Gasteiger partial charge on any atom is -0.353 e. The quantitative estimate of drug-likeness (QED) is 0.265. The first-order chi connectivity index (χ1) is 18.1. The van der Waals surface area contributed by atoms with Crippen LogP contribution in [0.1, 0.15) is 36.5 Å². The zero-order valence-electron chi connectivity index (χ0n) is 21.0. The van der Waals surface area contributed by atoms with Gasteiger partial charge in [0.25, 0.3) is 5.91 Å². The Balaban J connectivity index is 1.62. The number of carbonyl (C=O) groups excluding carboxylic acids is 1. The Kier molecular flexibility index (Phi) is 9.29. The first kappa shape index (κ1) is 26.4. The number of halogens is 1. The zero-order chi connectivity index (χ0) is 26.0. The van der Waals surface area contributed by atoms with Gasteiger partial charge in [0.1, 0.15) is 23.0 Å². The fraction of sp³-hybridized carbons (Fsp3) is 0.333. The van der Waals surface area contributed by atoms with Crippen LogP contribution in [0.15, 0.2) is 61.3 Å². The van der Waals surface area contributed by atoms with Crippen LogP contribution in [0.4, 0.5) is 29.1 Å². The molecule has 1 aromatic carbocycles. The van der Waals surface area contributed by atoms with Crippen molar-refractivity contribution in [1.82, 2.24) is 25.6 Å². The molecule has 1 aliphatic rings. The number of anilines is 5. The lowest BCUT2D eigenvalue weighted by molar-refractivity contribution is 0.0958. The van der Waals surface area contributed by atoms with Crippen molar-refractivity contribution < 1.29 is 4.79 Å². The number of amides is 1. The van der Waals surface area contributed by atoms with Gasteiger partial charge in [0.15, 0.2) is 0 Å². The van der Waals surface area contributed by atoms with Gasteiger partial charge >= 0.3 is 0 Å². The molecule has 4 N–H and O–H groups in total. The summed E-state index contributed by atoms with van der Waals surface area (Å²) in [7, 11) is 0. The van der Waals surface area contributed by atoms with Gasteiger partial charge in [-0.15, -0.1) is 6.58 Å². The summed E-state index contributed by atoms with van der Waals surface area (Å²) in [5.74, 6) is 1.88. The van der Waals surface area contributed by atoms with E-state index in [4.69, 9.17) is 16.6 Å². The normalized spacial score (nSPS) is 13.6. The lowest BCUT2D eigenvalue weighted by atomic mass is 10.0. The van der Waals surface area contributed by atoms with Crippen LogP contribution >= 0.6 is 11.6 Å². The first-order valence-corrected chi connectivity index (χ1v) is 13.0. The maximum atomic E-state index is 12.8. The van der Waals surface area contributed by atoms with Gasteiger partial charge in [0, 0.05) is 36.0 Å². The smallest absolute Gasteiger partial charge is 0.256 e. The molecule has 0 aliphatic carbocycles. The minimum atomic E-state index is -0.307. The third-order valence-corrected chi connectivity index (χ3v) is 6.28. The third-order valence-electron chi connectivity index (χ3n) is 6.03. The van der Waals surface area contributed by atoms with Crippen LogP contribution in [0.5, 0.6) is 0 Å². The van der Waals surface area contributed by atoms with Gasteiger partial charge in [-0.2, -0.15) is 4.98 Å². The zero-order valence-corrected chi connectivity index (χ0v) is 21.8. The van der Waals surface area contributed by atoms with Crippen molar-refractivity contribution in [3.8, 4) is 0 Å². The molecule has 0 radical (unpaired) electrons. The molecule has 1 fully saturated rings. The van der Waals surface area contributed by atoms with E-state index in [9.17, 15) is 4.79 Å². The largest absolute Gasteiger partial charge is 0.353 e. The van der Waals surface area contributed by atoms with Crippen molar-refractivity contribution in [1.29, 1.82) is 0 Å². The van der Waals surface area contributed by atoms with Crippen LogP contribution in [0.2, 0.25) is 5.02 Å². The second kappa shape index (κ2) is 13.0. The molecule has 1 saturated heterocycles. The number of carbonyl (C=O) groups is 1. The number of aromatic nitrogens is 3. The summed E-state index contributed by atoms with van der Waals surface area (Å²) in [4.78, 5) is 29.1. The molecule has 1 aliphatic heterocycles. The molecule has 0 unspecified atom stereocenters. The predicted octanol–water partition coefficient (Wildman–Crippen LogP) is 4.90. The Morgan fingerprint density at radius 3 is 2.68 bits per heavy atom. The van der Waals surface area contributed by atoms with Gasteiger partial charge in [0.05, 0.1) is 0 Å². The number of pyridine rings is 1. The molecule has 9 nitrogen and oxygen atoms in total. The van der Waals surface area contributed by atoms with E-state index in [1.54, 1.807) is 18.2 Å². The van der Waals surface area contributed by atoms with Crippen LogP contribution in [0.3, 0.4) is 0 Å². The van der Waals surface area contributed by atoms with Crippen molar-refractivity contribution in [2.24, 2.45) is 0 Å². The highest BCUT2D eigenvalue weighted by Gasteiger charge is 2.22. The number of rotatable bonds is 11. The summed E-state index contributed by atoms with van der Waals surface area (Å²) in [6.45, 7) is 9.13. The van der Waals surface area contributed by atoms with Gasteiger partial charge in [0.2, 0.25) is 5.95 Å². The Bertz CT molecular complexity index is 1200. The first-order valence-electron chi connectivity index (χ1n) is 12.6. The molecule has 3 aromatic rings. The highest BCUT2D eigenvalue weighted by molar-refractivity contribution is 6.30. The van der Waals surface area contributed by atoms with E-state index in [0.29, 0.717) is 40.8 Å². The molecule has 1 amide bonds. The van der Waals surface area contributed by atoms with Crippen LogP contribution in [0.25, 0.3) is 0 Å². The van der Waals surface area contributed by atoms with E-state index in [2.05, 4.69) is 49.6 Å². The van der Waals surface area contributed by atoms with Crippen molar-refractivity contribution >= 4 is 46.6 Å². The predicted molar refractivity (Wildman–Crippen MR) is 150 cm³/mol. The van der Waals surface area contributed by atoms with E-state index in [-0.39, 0.29) is 5.91 Å². The highest BCUT2D eigenvalue weighted by Crippen LogP contribution is 2.25. The Hall–Kier alpha value is -3.69. The second-order valence-corrected chi connectivity index (χ2v) is 9.20. The standard InChI is InChI=1S/C27H33ClN8O/c1-3-14-30-26(37)22-18-31-27(32-20-10-8-19(28)9-11-20)35-25(22)34-23-6-5-7-24(33-23)36(17-4-2)21-12-15-29-16-13-21/h3,5-11,18,21,29H,1,4,12-17H2,2H3,(H,30,37)(H2,31,32,33,34,35). The van der Waals surface area contributed by atoms with Gasteiger partial charge < -0.3 is 26.2 Å². The van der Waals surface area contributed by atoms with E-state index >= 15 is 0 Å². The monoisotopic (exact) mass is 520 g/mol. The van der Waals surface area contributed by atoms with E-state index in [1.165, 1.54) is 6.20 Å². The second-order valence-electron chi connectivity index (χ2n) is 8.77. The molecular weight excluding hydrogens is 488 g/mol. The Labute approximate surface area is 222 Å². The summed E-state index contributed by atoms with van der Waals surface area (Å²) in [6, 6.07) is 13.5. The Morgan fingerprint density at radius 1 is 1.16 bits per heavy atom. The molecule has 194 valence electrons. The molecule has 4 rings (SSSR count). The van der Waals surface area contributed by atoms with Crippen LogP contribution in [-0.4, -0.2) is 53.1 Å². The SMILES string of the molecule is C=CCNC(=O)c1cnc(Nc2ccc(Cl)cc2)nc1Nc1cccc(N(CCC)C2CCNCC2)n1. The van der Waals surface area contributed by atoms with Gasteiger partial charge in [-0.25, -0.2) is 9.97 Å². The van der Waals surface area contributed by atoms with Crippen molar-refractivity contribution in [2.45, 2.75) is 32.2 Å². The van der Waals surface area contributed by atoms with Gasteiger partial charge in [-0.3, -0.25) is 4.79 Å². The maximum absolute atomic E-state index is 12.8. The van der Waals surface area contributed by atoms with E-state index in [1.807, 2.05) is 30.3 Å². The molecule has 0 bridgehead atoms. The molecule has 37 heavy (non-hydrogen) atoms. The lowest BCUT2D eigenvalue weighted by Gasteiger charge is -2.35. The molecule has 10 heteroatoms. The third kappa shape index (κ3) is 7.18. The van der Waals surface area contributed by atoms with Gasteiger partial charge in [-0.1, -0.05) is 30.7 Å². The molecule has 0 spiro atoms. The summed E-state index contributed by atoms with van der Waals surface area (Å²) >= 11 is 6.00.